The molecule has 4 atom stereocenters. The van der Waals surface area contributed by atoms with E-state index in [-0.39, 0.29) is 49.1 Å². The molecule has 234 valence electrons. The summed E-state index contributed by atoms with van der Waals surface area (Å²) in [5.74, 6) is -3.36. The Morgan fingerprint density at radius 1 is 1.07 bits per heavy atom. The molecule has 2 unspecified atom stereocenters. The molecule has 0 aliphatic heterocycles. The van der Waals surface area contributed by atoms with Gasteiger partial charge >= 0.3 is 0 Å². The van der Waals surface area contributed by atoms with E-state index < -0.39 is 35.0 Å². The molecule has 0 aromatic heterocycles. The van der Waals surface area contributed by atoms with Gasteiger partial charge in [0.05, 0.1) is 11.5 Å². The lowest BCUT2D eigenvalue weighted by molar-refractivity contribution is -0.145. The largest absolute Gasteiger partial charge is 0.396 e. The van der Waals surface area contributed by atoms with Gasteiger partial charge in [-0.05, 0) is 62.3 Å². The van der Waals surface area contributed by atoms with Crippen LogP contribution in [0, 0.1) is 23.0 Å². The van der Waals surface area contributed by atoms with E-state index in [2.05, 4.69) is 5.32 Å². The molecule has 43 heavy (non-hydrogen) atoms. The monoisotopic (exact) mass is 597 g/mol. The minimum atomic E-state index is -1.42. The number of halogens is 2. The quantitative estimate of drug-likeness (QED) is 0.226. The lowest BCUT2D eigenvalue weighted by Crippen LogP contribution is -2.54. The van der Waals surface area contributed by atoms with Crippen molar-refractivity contribution in [2.45, 2.75) is 65.0 Å². The summed E-state index contributed by atoms with van der Waals surface area (Å²) in [5.41, 5.74) is 6.42. The van der Waals surface area contributed by atoms with Gasteiger partial charge in [0.15, 0.2) is 0 Å². The van der Waals surface area contributed by atoms with E-state index in [0.29, 0.717) is 37.9 Å². The van der Waals surface area contributed by atoms with Crippen LogP contribution in [0.4, 0.5) is 8.78 Å². The second-order valence-electron chi connectivity index (χ2n) is 11.5. The zero-order valence-corrected chi connectivity index (χ0v) is 25.4. The number of primary amides is 1. The average molecular weight is 598 g/mol. The summed E-state index contributed by atoms with van der Waals surface area (Å²) >= 11 is 0. The van der Waals surface area contributed by atoms with E-state index in [1.54, 1.807) is 24.0 Å². The molecule has 2 aromatic rings. The lowest BCUT2D eigenvalue weighted by atomic mass is 9.63. The first kappa shape index (κ1) is 34.1. The summed E-state index contributed by atoms with van der Waals surface area (Å²) in [5, 5.41) is 25.0. The molecule has 0 fully saturated rings. The van der Waals surface area contributed by atoms with Crippen molar-refractivity contribution in [2.24, 2.45) is 17.1 Å². The number of rotatable bonds is 16. The van der Waals surface area contributed by atoms with Crippen molar-refractivity contribution in [3.05, 3.63) is 94.6 Å². The van der Waals surface area contributed by atoms with Gasteiger partial charge < -0.3 is 26.2 Å². The zero-order chi connectivity index (χ0) is 31.6. The molecule has 1 aliphatic rings. The van der Waals surface area contributed by atoms with Crippen molar-refractivity contribution in [3.8, 4) is 0 Å². The molecule has 5 N–H and O–H groups in total. The lowest BCUT2D eigenvalue weighted by Gasteiger charge is -2.45. The Morgan fingerprint density at radius 2 is 1.70 bits per heavy atom. The Balaban J connectivity index is 2.13. The molecule has 0 spiro atoms. The second kappa shape index (κ2) is 15.9. The first-order valence-corrected chi connectivity index (χ1v) is 15.1. The average Bonchev–Trinajstić information content (AvgIpc) is 2.97. The third kappa shape index (κ3) is 8.81. The molecule has 9 heteroatoms. The van der Waals surface area contributed by atoms with Crippen molar-refractivity contribution in [1.82, 2.24) is 10.2 Å². The first-order chi connectivity index (χ1) is 20.5. The minimum Gasteiger partial charge on any atom is -0.396 e. The summed E-state index contributed by atoms with van der Waals surface area (Å²) in [6.07, 6.45) is 3.93. The molecule has 0 saturated carbocycles. The highest BCUT2D eigenvalue weighted by Crippen LogP contribution is 2.46. The molecule has 2 aromatic carbocycles. The fraction of sp³-hybridized carbons (Fsp3) is 0.471. The number of hydrogen-bond acceptors (Lipinski definition) is 5. The number of amides is 2. The summed E-state index contributed by atoms with van der Waals surface area (Å²) < 4.78 is 28.7. The number of aliphatic hydroxyl groups is 2. The van der Waals surface area contributed by atoms with Crippen molar-refractivity contribution in [3.63, 3.8) is 0 Å². The number of benzene rings is 2. The maximum Gasteiger partial charge on any atom is 0.244 e. The minimum absolute atomic E-state index is 0.0150. The van der Waals surface area contributed by atoms with Crippen molar-refractivity contribution in [1.29, 1.82) is 0 Å². The topological polar surface area (TPSA) is 116 Å². The van der Waals surface area contributed by atoms with E-state index in [9.17, 15) is 28.6 Å². The van der Waals surface area contributed by atoms with Crippen LogP contribution in [0.3, 0.4) is 0 Å². The van der Waals surface area contributed by atoms with Gasteiger partial charge in [-0.2, -0.15) is 0 Å². The molecule has 0 bridgehead atoms. The van der Waals surface area contributed by atoms with Crippen LogP contribution in [-0.2, 0) is 16.0 Å². The molecule has 1 aliphatic carbocycles. The number of hydrogen-bond donors (Lipinski definition) is 4. The van der Waals surface area contributed by atoms with Crippen LogP contribution in [0.1, 0.15) is 63.6 Å². The number of allylic oxidation sites excluding steroid dienone is 2. The van der Waals surface area contributed by atoms with E-state index >= 15 is 0 Å². The van der Waals surface area contributed by atoms with Gasteiger partial charge in [0.1, 0.15) is 11.6 Å². The van der Waals surface area contributed by atoms with Gasteiger partial charge in [-0.25, -0.2) is 8.78 Å². The van der Waals surface area contributed by atoms with Crippen molar-refractivity contribution < 1.29 is 28.6 Å². The zero-order valence-electron chi connectivity index (χ0n) is 25.4. The number of aliphatic hydroxyl groups excluding tert-OH is 2. The predicted octanol–water partition coefficient (Wildman–Crippen LogP) is 4.59. The molecule has 0 heterocycles. The van der Waals surface area contributed by atoms with Crippen molar-refractivity contribution in [2.75, 3.05) is 26.2 Å². The van der Waals surface area contributed by atoms with Crippen LogP contribution in [0.5, 0.6) is 0 Å². The number of nitrogens with zero attached hydrogens (tertiary/aromatic N) is 1. The SMILES string of the molecule is CCCN(CCC)C(=O)C1([C@H](Cc2cc(F)cc(F)c2)[C@@H](O)CNC(CCO)c2ccccc2)C=C(C)C=C(C(N)=O)C1. The molecule has 0 radical (unpaired) electrons. The third-order valence-electron chi connectivity index (χ3n) is 8.06. The Hall–Kier alpha value is -3.40. The van der Waals surface area contributed by atoms with E-state index in [1.807, 2.05) is 44.2 Å². The number of carbonyl (C=O) groups excluding carboxylic acids is 2. The van der Waals surface area contributed by atoms with Crippen LogP contribution in [-0.4, -0.2) is 59.3 Å². The van der Waals surface area contributed by atoms with E-state index in [0.717, 1.165) is 11.6 Å². The van der Waals surface area contributed by atoms with Gasteiger partial charge in [-0.1, -0.05) is 61.9 Å². The van der Waals surface area contributed by atoms with Gasteiger partial charge in [-0.15, -0.1) is 0 Å². The Labute approximate surface area is 253 Å². The fourth-order valence-corrected chi connectivity index (χ4v) is 6.23. The molecular formula is C34H45F2N3O4. The highest BCUT2D eigenvalue weighted by molar-refractivity contribution is 5.96. The summed E-state index contributed by atoms with van der Waals surface area (Å²) in [7, 11) is 0. The smallest absolute Gasteiger partial charge is 0.244 e. The van der Waals surface area contributed by atoms with Crippen molar-refractivity contribution >= 4 is 11.8 Å². The maximum absolute atomic E-state index is 14.6. The Morgan fingerprint density at radius 3 is 2.26 bits per heavy atom. The molecule has 3 rings (SSSR count). The first-order valence-electron chi connectivity index (χ1n) is 15.1. The third-order valence-corrected chi connectivity index (χ3v) is 8.06. The molecule has 7 nitrogen and oxygen atoms in total. The Kier molecular flexibility index (Phi) is 12.6. The number of nitrogens with two attached hydrogens (primary N) is 1. The van der Waals surface area contributed by atoms with Crippen LogP contribution in [0.25, 0.3) is 0 Å². The molecular weight excluding hydrogens is 552 g/mol. The summed E-state index contributed by atoms with van der Waals surface area (Å²) in [4.78, 5) is 28.9. The van der Waals surface area contributed by atoms with Crippen LogP contribution in [0.15, 0.2) is 71.8 Å². The van der Waals surface area contributed by atoms with Gasteiger partial charge in [-0.3, -0.25) is 9.59 Å². The predicted molar refractivity (Wildman–Crippen MR) is 164 cm³/mol. The molecule has 0 saturated heterocycles. The Bertz CT molecular complexity index is 1270. The second-order valence-corrected chi connectivity index (χ2v) is 11.5. The number of carbonyl (C=O) groups is 2. The highest BCUT2D eigenvalue weighted by atomic mass is 19.1. The summed E-state index contributed by atoms with van der Waals surface area (Å²) in [6.45, 7) is 6.57. The van der Waals surface area contributed by atoms with Gasteiger partial charge in [0, 0.05) is 49.8 Å². The van der Waals surface area contributed by atoms with E-state index in [1.165, 1.54) is 12.1 Å². The summed E-state index contributed by atoms with van der Waals surface area (Å²) in [6, 6.07) is 12.4. The fourth-order valence-electron chi connectivity index (χ4n) is 6.23. The van der Waals surface area contributed by atoms with Crippen LogP contribution in [0.2, 0.25) is 0 Å². The van der Waals surface area contributed by atoms with E-state index in [4.69, 9.17) is 5.73 Å². The van der Waals surface area contributed by atoms with Gasteiger partial charge in [0.25, 0.3) is 0 Å². The maximum atomic E-state index is 14.6. The standard InChI is InChI=1S/C34H45F2N3O4/c1-4-12-39(13-5-2)33(43)34(20-23(3)15-26(21-34)32(37)42)29(18-24-16-27(35)19-28(36)17-24)31(41)22-38-30(11-14-40)25-9-7-6-8-10-25/h6-10,15-17,19-20,29-31,38,40-41H,4-5,11-14,18,21-22H2,1-3H3,(H2,37,42)/t29-,30?,31+,34?/m1/s1. The number of nitrogens with one attached hydrogen (secondary N) is 1. The highest BCUT2D eigenvalue weighted by Gasteiger charge is 2.50. The van der Waals surface area contributed by atoms with Crippen LogP contribution >= 0.6 is 0 Å². The molecule has 2 amide bonds. The van der Waals surface area contributed by atoms with Gasteiger partial charge in [0.2, 0.25) is 11.8 Å². The van der Waals surface area contributed by atoms with Crippen LogP contribution < -0.4 is 11.1 Å². The normalized spacial score (nSPS) is 18.8.